The average molecular weight is 183 g/mol. The van der Waals surface area contributed by atoms with Crippen molar-refractivity contribution in [2.45, 2.75) is 45.3 Å². The monoisotopic (exact) mass is 183 g/mol. The Hall–Kier alpha value is -0.830. The van der Waals surface area contributed by atoms with Crippen LogP contribution in [0.2, 0.25) is 0 Å². The Morgan fingerprint density at radius 3 is 2.31 bits per heavy atom. The van der Waals surface area contributed by atoms with Crippen LogP contribution < -0.4 is 0 Å². The molecular weight excluding hydrogens is 166 g/mol. The van der Waals surface area contributed by atoms with Crippen LogP contribution in [0, 0.1) is 0 Å². The van der Waals surface area contributed by atoms with E-state index in [1.807, 2.05) is 20.8 Å². The van der Waals surface area contributed by atoms with Crippen molar-refractivity contribution in [2.24, 2.45) is 0 Å². The van der Waals surface area contributed by atoms with Crippen LogP contribution >= 0.6 is 0 Å². The number of rotatable bonds is 3. The van der Waals surface area contributed by atoms with Gasteiger partial charge in [-0.3, -0.25) is 9.63 Å². The van der Waals surface area contributed by atoms with Crippen LogP contribution in [0.4, 0.5) is 0 Å². The van der Waals surface area contributed by atoms with Gasteiger partial charge in [0.15, 0.2) is 0 Å². The second kappa shape index (κ2) is 3.92. The highest BCUT2D eigenvalue weighted by atomic mass is 16.7. The summed E-state index contributed by atoms with van der Waals surface area (Å²) in [6, 6.07) is 0.191. The first kappa shape index (κ1) is 10.3. The summed E-state index contributed by atoms with van der Waals surface area (Å²) in [5.41, 5.74) is -0.302. The molecule has 0 heterocycles. The third-order valence-corrected chi connectivity index (χ3v) is 1.83. The van der Waals surface area contributed by atoms with Crippen LogP contribution in [0.3, 0.4) is 0 Å². The lowest BCUT2D eigenvalue weighted by Gasteiger charge is -2.30. The van der Waals surface area contributed by atoms with Gasteiger partial charge in [-0.2, -0.15) is 0 Å². The highest BCUT2D eigenvalue weighted by Crippen LogP contribution is 2.19. The minimum atomic E-state index is -0.302. The number of hydroxylamine groups is 2. The molecule has 0 saturated carbocycles. The summed E-state index contributed by atoms with van der Waals surface area (Å²) in [5, 5.41) is 1.43. The van der Waals surface area contributed by atoms with E-state index < -0.39 is 0 Å². The number of amides is 1. The maximum absolute atomic E-state index is 10.7. The smallest absolute Gasteiger partial charge is 0.233 e. The highest BCUT2D eigenvalue weighted by molar-refractivity contribution is 5.46. The van der Waals surface area contributed by atoms with Crippen molar-refractivity contribution in [1.82, 2.24) is 5.06 Å². The van der Waals surface area contributed by atoms with E-state index in [-0.39, 0.29) is 11.6 Å². The standard InChI is InChI=1S/C10H17NO2/c1-10(2,3)13-11(8-12)9-6-4-5-7-9/h4-5,8-9H,6-7H2,1-3H3. The summed E-state index contributed by atoms with van der Waals surface area (Å²) in [5.74, 6) is 0. The molecule has 0 N–H and O–H groups in total. The van der Waals surface area contributed by atoms with Gasteiger partial charge in [-0.1, -0.05) is 12.2 Å². The molecule has 0 atom stereocenters. The number of hydrogen-bond donors (Lipinski definition) is 0. The third-order valence-electron chi connectivity index (χ3n) is 1.83. The van der Waals surface area contributed by atoms with Crippen molar-refractivity contribution in [3.05, 3.63) is 12.2 Å². The van der Waals surface area contributed by atoms with Gasteiger partial charge >= 0.3 is 0 Å². The topological polar surface area (TPSA) is 29.5 Å². The molecule has 3 heteroatoms. The molecule has 0 aromatic heterocycles. The lowest BCUT2D eigenvalue weighted by Crippen LogP contribution is -2.39. The Balaban J connectivity index is 2.48. The fourth-order valence-electron chi connectivity index (χ4n) is 1.31. The molecule has 0 spiro atoms. The molecule has 1 aliphatic rings. The van der Waals surface area contributed by atoms with Crippen LogP contribution in [-0.4, -0.2) is 23.1 Å². The van der Waals surface area contributed by atoms with Crippen LogP contribution in [-0.2, 0) is 9.63 Å². The van der Waals surface area contributed by atoms with E-state index in [4.69, 9.17) is 4.84 Å². The first-order valence-electron chi connectivity index (χ1n) is 4.61. The second-order valence-electron chi connectivity index (χ2n) is 4.27. The summed E-state index contributed by atoms with van der Waals surface area (Å²) in [6.07, 6.45) is 6.72. The lowest BCUT2D eigenvalue weighted by atomic mass is 10.2. The van der Waals surface area contributed by atoms with Gasteiger partial charge in [-0.15, -0.1) is 0 Å². The first-order chi connectivity index (χ1) is 6.03. The van der Waals surface area contributed by atoms with Gasteiger partial charge in [-0.25, -0.2) is 5.06 Å². The zero-order valence-electron chi connectivity index (χ0n) is 8.49. The molecule has 3 nitrogen and oxygen atoms in total. The predicted molar refractivity (Wildman–Crippen MR) is 50.9 cm³/mol. The molecule has 0 aromatic rings. The number of hydrogen-bond acceptors (Lipinski definition) is 2. The van der Waals surface area contributed by atoms with Crippen molar-refractivity contribution < 1.29 is 9.63 Å². The van der Waals surface area contributed by atoms with E-state index in [2.05, 4.69) is 12.2 Å². The van der Waals surface area contributed by atoms with Gasteiger partial charge in [0.25, 0.3) is 0 Å². The first-order valence-corrected chi connectivity index (χ1v) is 4.61. The van der Waals surface area contributed by atoms with Gasteiger partial charge in [0.2, 0.25) is 6.41 Å². The SMILES string of the molecule is CC(C)(C)ON(C=O)C1CC=CC1. The Bertz CT molecular complexity index is 197. The van der Waals surface area contributed by atoms with E-state index in [0.717, 1.165) is 19.3 Å². The van der Waals surface area contributed by atoms with Crippen LogP contribution in [0.15, 0.2) is 12.2 Å². The predicted octanol–water partition coefficient (Wildman–Crippen LogP) is 1.89. The van der Waals surface area contributed by atoms with E-state index in [1.54, 1.807) is 0 Å². The Kier molecular flexibility index (Phi) is 3.09. The summed E-state index contributed by atoms with van der Waals surface area (Å²) in [7, 11) is 0. The molecule has 0 saturated heterocycles. The molecule has 0 unspecified atom stereocenters. The average Bonchev–Trinajstić information content (AvgIpc) is 2.50. The molecule has 1 aliphatic carbocycles. The van der Waals surface area contributed by atoms with Crippen molar-refractivity contribution in [1.29, 1.82) is 0 Å². The zero-order chi connectivity index (χ0) is 9.90. The van der Waals surface area contributed by atoms with Crippen LogP contribution in [0.25, 0.3) is 0 Å². The van der Waals surface area contributed by atoms with Crippen LogP contribution in [0.5, 0.6) is 0 Å². The van der Waals surface area contributed by atoms with Gasteiger partial charge in [0, 0.05) is 0 Å². The molecule has 1 rings (SSSR count). The number of carbonyl (C=O) groups excluding carboxylic acids is 1. The lowest BCUT2D eigenvalue weighted by molar-refractivity contribution is -0.230. The zero-order valence-corrected chi connectivity index (χ0v) is 8.49. The minimum Gasteiger partial charge on any atom is -0.276 e. The Labute approximate surface area is 79.3 Å². The quantitative estimate of drug-likeness (QED) is 0.380. The molecular formula is C10H17NO2. The van der Waals surface area contributed by atoms with Gasteiger partial charge < -0.3 is 0 Å². The molecule has 0 aliphatic heterocycles. The summed E-state index contributed by atoms with van der Waals surface area (Å²) in [4.78, 5) is 16.2. The van der Waals surface area contributed by atoms with Gasteiger partial charge in [0.1, 0.15) is 0 Å². The minimum absolute atomic E-state index is 0.191. The van der Waals surface area contributed by atoms with Crippen molar-refractivity contribution in [3.8, 4) is 0 Å². The fraction of sp³-hybridized carbons (Fsp3) is 0.700. The molecule has 0 fully saturated rings. The largest absolute Gasteiger partial charge is 0.276 e. The second-order valence-corrected chi connectivity index (χ2v) is 4.27. The van der Waals surface area contributed by atoms with E-state index in [1.165, 1.54) is 5.06 Å². The summed E-state index contributed by atoms with van der Waals surface area (Å²) in [6.45, 7) is 5.81. The molecule has 74 valence electrons. The summed E-state index contributed by atoms with van der Waals surface area (Å²) >= 11 is 0. The number of nitrogens with zero attached hydrogens (tertiary/aromatic N) is 1. The number of carbonyl (C=O) groups is 1. The van der Waals surface area contributed by atoms with Crippen LogP contribution in [0.1, 0.15) is 33.6 Å². The van der Waals surface area contributed by atoms with Gasteiger partial charge in [0.05, 0.1) is 11.6 Å². The molecule has 0 bridgehead atoms. The summed E-state index contributed by atoms with van der Waals surface area (Å²) < 4.78 is 0. The van der Waals surface area contributed by atoms with Crippen molar-refractivity contribution >= 4 is 6.41 Å². The van der Waals surface area contributed by atoms with Crippen molar-refractivity contribution in [3.63, 3.8) is 0 Å². The van der Waals surface area contributed by atoms with E-state index in [0.29, 0.717) is 0 Å². The normalized spacial score (nSPS) is 17.8. The van der Waals surface area contributed by atoms with Gasteiger partial charge in [-0.05, 0) is 33.6 Å². The van der Waals surface area contributed by atoms with E-state index in [9.17, 15) is 4.79 Å². The third kappa shape index (κ3) is 3.19. The fourth-order valence-corrected chi connectivity index (χ4v) is 1.31. The Morgan fingerprint density at radius 2 is 1.92 bits per heavy atom. The van der Waals surface area contributed by atoms with E-state index >= 15 is 0 Å². The maximum Gasteiger partial charge on any atom is 0.233 e. The molecule has 13 heavy (non-hydrogen) atoms. The highest BCUT2D eigenvalue weighted by Gasteiger charge is 2.23. The Morgan fingerprint density at radius 1 is 1.38 bits per heavy atom. The maximum atomic E-state index is 10.7. The molecule has 0 radical (unpaired) electrons. The molecule has 1 amide bonds. The molecule has 0 aromatic carbocycles. The van der Waals surface area contributed by atoms with Crippen molar-refractivity contribution in [2.75, 3.05) is 0 Å².